The molecule has 0 radical (unpaired) electrons. The van der Waals surface area contributed by atoms with E-state index in [0.717, 1.165) is 5.56 Å². The summed E-state index contributed by atoms with van der Waals surface area (Å²) in [5.41, 5.74) is 8.69. The number of aryl methyl sites for hydroxylation is 1. The number of anilines is 1. The average Bonchev–Trinajstić information content (AvgIpc) is 3.10. The number of hydrogen-bond acceptors (Lipinski definition) is 1. The first kappa shape index (κ1) is 13.3. The van der Waals surface area contributed by atoms with E-state index in [1.165, 1.54) is 18.4 Å². The molecule has 0 saturated heterocycles. The van der Waals surface area contributed by atoms with Crippen molar-refractivity contribution in [2.45, 2.75) is 57.3 Å². The van der Waals surface area contributed by atoms with Crippen LogP contribution in [0, 0.1) is 0 Å². The maximum absolute atomic E-state index is 13.5. The lowest BCUT2D eigenvalue weighted by atomic mass is 9.96. The minimum absolute atomic E-state index is 0.0198. The van der Waals surface area contributed by atoms with Crippen molar-refractivity contribution >= 4 is 5.69 Å². The summed E-state index contributed by atoms with van der Waals surface area (Å²) in [6.45, 7) is 1.80. The standard InChI is InChI=1S/C15H21F2N/c1-2-8-15(16,17)9-7-12-10-13(18)5-6-14(12)11-3-4-11/h5-6,10-11H,2-4,7-9,18H2,1H3. The third kappa shape index (κ3) is 3.44. The van der Waals surface area contributed by atoms with Gasteiger partial charge in [-0.25, -0.2) is 8.78 Å². The Morgan fingerprint density at radius 3 is 2.61 bits per heavy atom. The summed E-state index contributed by atoms with van der Waals surface area (Å²) in [5, 5.41) is 0. The highest BCUT2D eigenvalue weighted by Gasteiger charge is 2.30. The zero-order chi connectivity index (χ0) is 13.2. The van der Waals surface area contributed by atoms with Crippen LogP contribution in [-0.4, -0.2) is 5.92 Å². The maximum Gasteiger partial charge on any atom is 0.248 e. The fourth-order valence-corrected chi connectivity index (χ4v) is 2.44. The molecule has 2 N–H and O–H groups in total. The smallest absolute Gasteiger partial charge is 0.248 e. The minimum atomic E-state index is -2.54. The molecule has 18 heavy (non-hydrogen) atoms. The zero-order valence-electron chi connectivity index (χ0n) is 10.9. The van der Waals surface area contributed by atoms with Crippen LogP contribution in [0.4, 0.5) is 14.5 Å². The van der Waals surface area contributed by atoms with Crippen molar-refractivity contribution in [1.29, 1.82) is 0 Å². The van der Waals surface area contributed by atoms with Crippen molar-refractivity contribution in [3.63, 3.8) is 0 Å². The van der Waals surface area contributed by atoms with Crippen molar-refractivity contribution in [2.75, 3.05) is 5.73 Å². The van der Waals surface area contributed by atoms with Crippen LogP contribution >= 0.6 is 0 Å². The van der Waals surface area contributed by atoms with E-state index in [1.807, 2.05) is 18.2 Å². The summed E-state index contributed by atoms with van der Waals surface area (Å²) in [5.74, 6) is -1.96. The van der Waals surface area contributed by atoms with Crippen LogP contribution in [0.2, 0.25) is 0 Å². The molecule has 0 aliphatic heterocycles. The zero-order valence-corrected chi connectivity index (χ0v) is 10.9. The number of benzene rings is 1. The fourth-order valence-electron chi connectivity index (χ4n) is 2.44. The number of hydrogen-bond donors (Lipinski definition) is 1. The Morgan fingerprint density at radius 1 is 1.28 bits per heavy atom. The molecule has 3 heteroatoms. The summed E-state index contributed by atoms with van der Waals surface area (Å²) in [6.07, 6.45) is 3.24. The van der Waals surface area contributed by atoms with E-state index >= 15 is 0 Å². The molecule has 0 atom stereocenters. The highest BCUT2D eigenvalue weighted by Crippen LogP contribution is 2.42. The average molecular weight is 253 g/mol. The molecular formula is C15H21F2N. The SMILES string of the molecule is CCCC(F)(F)CCc1cc(N)ccc1C1CC1. The Bertz CT molecular complexity index is 411. The second kappa shape index (κ2) is 5.25. The van der Waals surface area contributed by atoms with E-state index in [2.05, 4.69) is 0 Å². The molecule has 1 aromatic rings. The highest BCUT2D eigenvalue weighted by atomic mass is 19.3. The normalized spacial score (nSPS) is 15.9. The van der Waals surface area contributed by atoms with E-state index in [-0.39, 0.29) is 12.8 Å². The molecule has 0 heterocycles. The largest absolute Gasteiger partial charge is 0.399 e. The van der Waals surface area contributed by atoms with E-state index < -0.39 is 5.92 Å². The molecule has 1 nitrogen and oxygen atoms in total. The molecule has 2 rings (SSSR count). The lowest BCUT2D eigenvalue weighted by Gasteiger charge is -2.17. The van der Waals surface area contributed by atoms with Crippen LogP contribution in [0.3, 0.4) is 0 Å². The minimum Gasteiger partial charge on any atom is -0.399 e. The number of rotatable bonds is 6. The van der Waals surface area contributed by atoms with Gasteiger partial charge in [0.25, 0.3) is 0 Å². The quantitative estimate of drug-likeness (QED) is 0.741. The highest BCUT2D eigenvalue weighted by molar-refractivity contribution is 5.47. The van der Waals surface area contributed by atoms with Crippen LogP contribution in [0.1, 0.15) is 56.1 Å². The van der Waals surface area contributed by atoms with Gasteiger partial charge in [0.2, 0.25) is 5.92 Å². The summed E-state index contributed by atoms with van der Waals surface area (Å²) in [7, 11) is 0. The number of nitrogen functional groups attached to an aromatic ring is 1. The Labute approximate surface area is 107 Å². The first-order valence-corrected chi connectivity index (χ1v) is 6.78. The number of halogens is 2. The van der Waals surface area contributed by atoms with E-state index in [1.54, 1.807) is 6.92 Å². The van der Waals surface area contributed by atoms with Gasteiger partial charge in [0, 0.05) is 18.5 Å². The van der Waals surface area contributed by atoms with Gasteiger partial charge in [-0.3, -0.25) is 0 Å². The van der Waals surface area contributed by atoms with Gasteiger partial charge in [-0.15, -0.1) is 0 Å². The van der Waals surface area contributed by atoms with Crippen molar-refractivity contribution in [3.8, 4) is 0 Å². The van der Waals surface area contributed by atoms with Gasteiger partial charge in [0.1, 0.15) is 0 Å². The summed E-state index contributed by atoms with van der Waals surface area (Å²) in [6, 6.07) is 5.76. The molecule has 1 aromatic carbocycles. The molecule has 100 valence electrons. The molecule has 0 spiro atoms. The van der Waals surface area contributed by atoms with Gasteiger partial charge < -0.3 is 5.73 Å². The first-order valence-electron chi connectivity index (χ1n) is 6.78. The fraction of sp³-hybridized carbons (Fsp3) is 0.600. The predicted octanol–water partition coefficient (Wildman–Crippen LogP) is 4.51. The lowest BCUT2D eigenvalue weighted by molar-refractivity contribution is -0.0164. The number of alkyl halides is 2. The summed E-state index contributed by atoms with van der Waals surface area (Å²) < 4.78 is 27.1. The predicted molar refractivity (Wildman–Crippen MR) is 71.0 cm³/mol. The Hall–Kier alpha value is -1.12. The van der Waals surface area contributed by atoms with Gasteiger partial charge in [-0.1, -0.05) is 19.4 Å². The van der Waals surface area contributed by atoms with Crippen LogP contribution in [-0.2, 0) is 6.42 Å². The van der Waals surface area contributed by atoms with Gasteiger partial charge in [-0.05, 0) is 48.4 Å². The molecule has 0 bridgehead atoms. The Morgan fingerprint density at radius 2 is 2.00 bits per heavy atom. The van der Waals surface area contributed by atoms with Crippen LogP contribution in [0.25, 0.3) is 0 Å². The maximum atomic E-state index is 13.5. The molecule has 0 aromatic heterocycles. The Balaban J connectivity index is 2.06. The third-order valence-corrected chi connectivity index (χ3v) is 3.56. The third-order valence-electron chi connectivity index (χ3n) is 3.56. The van der Waals surface area contributed by atoms with Crippen LogP contribution < -0.4 is 5.73 Å². The first-order chi connectivity index (χ1) is 8.52. The van der Waals surface area contributed by atoms with Crippen LogP contribution in [0.5, 0.6) is 0 Å². The molecule has 1 fully saturated rings. The van der Waals surface area contributed by atoms with Crippen LogP contribution in [0.15, 0.2) is 18.2 Å². The van der Waals surface area contributed by atoms with E-state index in [4.69, 9.17) is 5.73 Å². The molecule has 1 aliphatic rings. The monoisotopic (exact) mass is 253 g/mol. The van der Waals surface area contributed by atoms with Crippen molar-refractivity contribution < 1.29 is 8.78 Å². The van der Waals surface area contributed by atoms with Gasteiger partial charge >= 0.3 is 0 Å². The van der Waals surface area contributed by atoms with Crippen molar-refractivity contribution in [2.24, 2.45) is 0 Å². The Kier molecular flexibility index (Phi) is 3.88. The summed E-state index contributed by atoms with van der Waals surface area (Å²) >= 11 is 0. The van der Waals surface area contributed by atoms with Crippen molar-refractivity contribution in [3.05, 3.63) is 29.3 Å². The van der Waals surface area contributed by atoms with E-state index in [9.17, 15) is 8.78 Å². The molecule has 1 aliphatic carbocycles. The molecular weight excluding hydrogens is 232 g/mol. The van der Waals surface area contributed by atoms with Gasteiger partial charge in [0.05, 0.1) is 0 Å². The van der Waals surface area contributed by atoms with Gasteiger partial charge in [-0.2, -0.15) is 0 Å². The van der Waals surface area contributed by atoms with Gasteiger partial charge in [0.15, 0.2) is 0 Å². The summed E-state index contributed by atoms with van der Waals surface area (Å²) in [4.78, 5) is 0. The second-order valence-corrected chi connectivity index (χ2v) is 5.34. The lowest BCUT2D eigenvalue weighted by Crippen LogP contribution is -2.16. The van der Waals surface area contributed by atoms with Crippen molar-refractivity contribution in [1.82, 2.24) is 0 Å². The second-order valence-electron chi connectivity index (χ2n) is 5.34. The molecule has 1 saturated carbocycles. The molecule has 0 amide bonds. The number of nitrogens with two attached hydrogens (primary N) is 1. The topological polar surface area (TPSA) is 26.0 Å². The van der Waals surface area contributed by atoms with E-state index in [0.29, 0.717) is 24.4 Å². The molecule has 0 unspecified atom stereocenters.